The molecule has 1 aromatic rings. The van der Waals surface area contributed by atoms with Crippen molar-refractivity contribution in [2.45, 2.75) is 61.7 Å². The maximum Gasteiger partial charge on any atom is 0.250 e. The van der Waals surface area contributed by atoms with Crippen LogP contribution in [0, 0.1) is 0 Å². The van der Waals surface area contributed by atoms with Crippen LogP contribution in [-0.4, -0.2) is 64.1 Å². The Morgan fingerprint density at radius 3 is 2.64 bits per heavy atom. The van der Waals surface area contributed by atoms with Gasteiger partial charge < -0.3 is 15.5 Å². The predicted molar refractivity (Wildman–Crippen MR) is 115 cm³/mol. The van der Waals surface area contributed by atoms with Crippen molar-refractivity contribution in [3.8, 4) is 0 Å². The standard InChI is InChI=1S/C19H33N5O2S2/c1-2-20-19(21-11-12-22-28(25,26)18-8-5-15-27-18)23-16-9-13-24(14-10-16)17-6-3-4-7-17/h5,8,15-17,22H,2-4,6-7,9-14H2,1H3,(H2,20,21,23). The summed E-state index contributed by atoms with van der Waals surface area (Å²) in [6.07, 6.45) is 7.76. The van der Waals surface area contributed by atoms with Crippen LogP contribution in [0.15, 0.2) is 26.7 Å². The molecule has 1 saturated carbocycles. The van der Waals surface area contributed by atoms with Crippen LogP contribution in [0.3, 0.4) is 0 Å². The molecule has 0 radical (unpaired) electrons. The number of nitrogens with one attached hydrogen (secondary N) is 3. The number of sulfonamides is 1. The third kappa shape index (κ3) is 6.17. The van der Waals surface area contributed by atoms with E-state index in [1.54, 1.807) is 17.5 Å². The quantitative estimate of drug-likeness (QED) is 0.336. The molecule has 2 heterocycles. The second-order valence-electron chi connectivity index (χ2n) is 7.48. The topological polar surface area (TPSA) is 85.8 Å². The fourth-order valence-electron chi connectivity index (χ4n) is 4.03. The minimum absolute atomic E-state index is 0.289. The van der Waals surface area contributed by atoms with E-state index < -0.39 is 10.0 Å². The van der Waals surface area contributed by atoms with Crippen LogP contribution in [0.4, 0.5) is 0 Å². The molecule has 1 saturated heterocycles. The van der Waals surface area contributed by atoms with Crippen molar-refractivity contribution < 1.29 is 8.42 Å². The highest BCUT2D eigenvalue weighted by molar-refractivity contribution is 7.91. The molecule has 158 valence electrons. The zero-order valence-corrected chi connectivity index (χ0v) is 18.3. The summed E-state index contributed by atoms with van der Waals surface area (Å²) in [6.45, 7) is 5.83. The van der Waals surface area contributed by atoms with Crippen molar-refractivity contribution in [1.29, 1.82) is 0 Å². The van der Waals surface area contributed by atoms with E-state index in [1.807, 2.05) is 6.92 Å². The third-order valence-electron chi connectivity index (χ3n) is 5.49. The van der Waals surface area contributed by atoms with Crippen molar-refractivity contribution in [3.05, 3.63) is 17.5 Å². The molecule has 9 heteroatoms. The van der Waals surface area contributed by atoms with Gasteiger partial charge in [-0.05, 0) is 44.1 Å². The first kappa shape index (κ1) is 21.5. The van der Waals surface area contributed by atoms with Crippen molar-refractivity contribution in [2.24, 2.45) is 4.99 Å². The van der Waals surface area contributed by atoms with Gasteiger partial charge in [-0.1, -0.05) is 18.9 Å². The van der Waals surface area contributed by atoms with Crippen LogP contribution < -0.4 is 15.4 Å². The number of guanidine groups is 1. The molecule has 3 N–H and O–H groups in total. The highest BCUT2D eigenvalue weighted by Gasteiger charge is 2.27. The summed E-state index contributed by atoms with van der Waals surface area (Å²) in [4.78, 5) is 7.21. The lowest BCUT2D eigenvalue weighted by molar-refractivity contribution is 0.150. The van der Waals surface area contributed by atoms with Gasteiger partial charge in [-0.15, -0.1) is 11.3 Å². The van der Waals surface area contributed by atoms with Gasteiger partial charge >= 0.3 is 0 Å². The van der Waals surface area contributed by atoms with E-state index in [2.05, 4.69) is 25.2 Å². The van der Waals surface area contributed by atoms with E-state index in [-0.39, 0.29) is 6.54 Å². The third-order valence-corrected chi connectivity index (χ3v) is 8.35. The summed E-state index contributed by atoms with van der Waals surface area (Å²) in [6, 6.07) is 4.58. The lowest BCUT2D eigenvalue weighted by atomic mass is 10.0. The fourth-order valence-corrected chi connectivity index (χ4v) is 6.09. The number of hydrogen-bond donors (Lipinski definition) is 3. The summed E-state index contributed by atoms with van der Waals surface area (Å²) in [7, 11) is -3.42. The molecule has 1 aromatic heterocycles. The van der Waals surface area contributed by atoms with Gasteiger partial charge in [-0.3, -0.25) is 4.99 Å². The molecule has 0 atom stereocenters. The molecule has 0 bridgehead atoms. The Labute approximate surface area is 173 Å². The number of thiophene rings is 1. The molecule has 1 aliphatic carbocycles. The Morgan fingerprint density at radius 1 is 1.25 bits per heavy atom. The second-order valence-corrected chi connectivity index (χ2v) is 10.4. The minimum Gasteiger partial charge on any atom is -0.357 e. The van der Waals surface area contributed by atoms with E-state index in [9.17, 15) is 8.42 Å². The lowest BCUT2D eigenvalue weighted by Crippen LogP contribution is -2.50. The van der Waals surface area contributed by atoms with Crippen molar-refractivity contribution in [1.82, 2.24) is 20.3 Å². The van der Waals surface area contributed by atoms with Crippen LogP contribution in [-0.2, 0) is 10.0 Å². The molecule has 1 aliphatic heterocycles. The molecule has 0 amide bonds. The van der Waals surface area contributed by atoms with E-state index in [1.165, 1.54) is 37.0 Å². The number of aliphatic imine (C=N–C) groups is 1. The first-order valence-electron chi connectivity index (χ1n) is 10.4. The van der Waals surface area contributed by atoms with E-state index in [4.69, 9.17) is 0 Å². The average molecular weight is 428 g/mol. The van der Waals surface area contributed by atoms with E-state index in [0.717, 1.165) is 44.5 Å². The van der Waals surface area contributed by atoms with Crippen LogP contribution >= 0.6 is 11.3 Å². The van der Waals surface area contributed by atoms with Gasteiger partial charge in [0, 0.05) is 38.3 Å². The van der Waals surface area contributed by atoms with Gasteiger partial charge in [0.25, 0.3) is 0 Å². The Hall–Kier alpha value is -1.16. The van der Waals surface area contributed by atoms with Gasteiger partial charge in [0.1, 0.15) is 4.21 Å². The normalized spacial score (nSPS) is 20.5. The molecular formula is C19H33N5O2S2. The Balaban J connectivity index is 1.43. The van der Waals surface area contributed by atoms with E-state index in [0.29, 0.717) is 16.8 Å². The number of piperidine rings is 1. The number of nitrogens with zero attached hydrogens (tertiary/aromatic N) is 2. The highest BCUT2D eigenvalue weighted by atomic mass is 32.2. The maximum atomic E-state index is 12.1. The molecule has 3 rings (SSSR count). The van der Waals surface area contributed by atoms with Crippen LogP contribution in [0.1, 0.15) is 45.4 Å². The van der Waals surface area contributed by atoms with Crippen molar-refractivity contribution in [2.75, 3.05) is 32.7 Å². The summed E-state index contributed by atoms with van der Waals surface area (Å²) < 4.78 is 27.2. The summed E-state index contributed by atoms with van der Waals surface area (Å²) in [5.41, 5.74) is 0. The molecule has 28 heavy (non-hydrogen) atoms. The smallest absolute Gasteiger partial charge is 0.250 e. The predicted octanol–water partition coefficient (Wildman–Crippen LogP) is 1.99. The second kappa shape index (κ2) is 10.6. The molecule has 0 aromatic carbocycles. The van der Waals surface area contributed by atoms with E-state index >= 15 is 0 Å². The fraction of sp³-hybridized carbons (Fsp3) is 0.737. The zero-order valence-electron chi connectivity index (χ0n) is 16.7. The van der Waals surface area contributed by atoms with Gasteiger partial charge in [0.2, 0.25) is 10.0 Å². The summed E-state index contributed by atoms with van der Waals surface area (Å²) in [5.74, 6) is 0.775. The summed E-state index contributed by atoms with van der Waals surface area (Å²) in [5, 5.41) is 8.56. The minimum atomic E-state index is -3.42. The monoisotopic (exact) mass is 427 g/mol. The number of rotatable bonds is 8. The number of hydrogen-bond acceptors (Lipinski definition) is 5. The molecule has 0 spiro atoms. The van der Waals surface area contributed by atoms with Crippen LogP contribution in [0.5, 0.6) is 0 Å². The maximum absolute atomic E-state index is 12.1. The van der Waals surface area contributed by atoms with Crippen molar-refractivity contribution >= 4 is 27.3 Å². The van der Waals surface area contributed by atoms with Crippen LogP contribution in [0.25, 0.3) is 0 Å². The van der Waals surface area contributed by atoms with Gasteiger partial charge in [-0.25, -0.2) is 13.1 Å². The SMILES string of the molecule is CCNC(=NCCNS(=O)(=O)c1cccs1)NC1CCN(C2CCCC2)CC1. The number of likely N-dealkylation sites (tertiary alicyclic amines) is 1. The Kier molecular flexibility index (Phi) is 8.13. The first-order valence-corrected chi connectivity index (χ1v) is 12.8. The van der Waals surface area contributed by atoms with Gasteiger partial charge in [0.15, 0.2) is 5.96 Å². The largest absolute Gasteiger partial charge is 0.357 e. The highest BCUT2D eigenvalue weighted by Crippen LogP contribution is 2.26. The van der Waals surface area contributed by atoms with Crippen LogP contribution in [0.2, 0.25) is 0 Å². The molecule has 2 fully saturated rings. The Bertz CT molecular complexity index is 707. The average Bonchev–Trinajstić information content (AvgIpc) is 3.40. The molecule has 2 aliphatic rings. The molecular weight excluding hydrogens is 394 g/mol. The molecule has 7 nitrogen and oxygen atoms in total. The van der Waals surface area contributed by atoms with Gasteiger partial charge in [-0.2, -0.15) is 0 Å². The Morgan fingerprint density at radius 2 is 2.00 bits per heavy atom. The first-order chi connectivity index (χ1) is 13.6. The zero-order chi connectivity index (χ0) is 19.8. The molecule has 0 unspecified atom stereocenters. The summed E-state index contributed by atoms with van der Waals surface area (Å²) >= 11 is 1.22. The lowest BCUT2D eigenvalue weighted by Gasteiger charge is -2.36. The van der Waals surface area contributed by atoms with Gasteiger partial charge in [0.05, 0.1) is 6.54 Å². The van der Waals surface area contributed by atoms with Crippen molar-refractivity contribution in [3.63, 3.8) is 0 Å².